The highest BCUT2D eigenvalue weighted by molar-refractivity contribution is 5.80. The Morgan fingerprint density at radius 2 is 1.26 bits per heavy atom. The van der Waals surface area contributed by atoms with E-state index in [-0.39, 0.29) is 50.7 Å². The van der Waals surface area contributed by atoms with E-state index in [1.54, 1.807) is 49.5 Å². The Morgan fingerprint density at radius 3 is 1.89 bits per heavy atom. The van der Waals surface area contributed by atoms with Crippen LogP contribution in [0.25, 0.3) is 0 Å². The smallest absolute Gasteiger partial charge is 0.308 e. The lowest BCUT2D eigenvalue weighted by atomic mass is 9.82. The molecule has 17 atom stereocenters. The van der Waals surface area contributed by atoms with E-state index < -0.39 is 135 Å². The Labute approximate surface area is 412 Å². The molecule has 0 aromatic carbocycles. The average Bonchev–Trinajstić information content (AvgIpc) is 3.55. The summed E-state index contributed by atoms with van der Waals surface area (Å²) in [7, 11) is 0. The van der Waals surface area contributed by atoms with Gasteiger partial charge in [-0.3, -0.25) is 9.59 Å². The zero-order chi connectivity index (χ0) is 51.2. The maximum atomic E-state index is 14.1. The van der Waals surface area contributed by atoms with Gasteiger partial charge in [-0.1, -0.05) is 118 Å². The van der Waals surface area contributed by atoms with Crippen LogP contribution in [0.15, 0.2) is 85.1 Å². The molecule has 3 fully saturated rings. The van der Waals surface area contributed by atoms with Crippen molar-refractivity contribution in [1.82, 2.24) is 5.32 Å². The summed E-state index contributed by atoms with van der Waals surface area (Å²) in [6.07, 6.45) is 11.9. The fourth-order valence-electron chi connectivity index (χ4n) is 9.23. The highest BCUT2D eigenvalue weighted by Crippen LogP contribution is 2.38. The molecule has 4 rings (SSSR count). The maximum Gasteiger partial charge on any atom is 0.308 e. The second kappa shape index (κ2) is 30.6. The topological polar surface area (TPSA) is 311 Å². The molecule has 3 aliphatic heterocycles. The first kappa shape index (κ1) is 59.1. The lowest BCUT2D eigenvalue weighted by Gasteiger charge is -2.46. The number of ether oxygens (including phenoxy) is 4. The van der Waals surface area contributed by atoms with Crippen molar-refractivity contribution < 1.29 is 79.6 Å². The van der Waals surface area contributed by atoms with E-state index in [9.17, 15) is 60.7 Å². The zero-order valence-corrected chi connectivity index (χ0v) is 40.7. The van der Waals surface area contributed by atoms with E-state index in [0.717, 1.165) is 38.5 Å². The molecule has 1 saturated carbocycles. The number of cyclic esters (lactones) is 1. The standard InChI is InChI=1S/C52H82N2O16/c1-33-19-15-11-9-7-5-3-4-6-8-10-12-18-22-39(69-51-49(64)48(53)44(62)32-67-51)29-45-47(50(65)54-35-20-16-13-14-17-21-35)43(61)31-52(66,70-45)30-38(57)27-42(60)40(58)24-23-36(55)26-37(56)28-46(63)68-34(2)25-41(33)59/h3-12,15,18-19,22,33-45,47-49,51,55-62,64,66H,13-14,16-17,20-21,23-32,53H2,1-2H3,(H,54,65)/b4-3+,7-5+,8-6+,11-9+,12-10+,19-15+,22-18+/t33-,34-,36?,37?,38?,39?,40+,41-,42+,43-,44+,45-,47?,48-,49-,51-,52?/m0/s1. The molecule has 18 heteroatoms. The minimum absolute atomic E-state index is 0.0815. The van der Waals surface area contributed by atoms with Crippen LogP contribution in [-0.4, -0.2) is 167 Å². The van der Waals surface area contributed by atoms with Gasteiger partial charge in [0, 0.05) is 44.1 Å². The molecule has 2 bridgehead atoms. The first-order valence-corrected chi connectivity index (χ1v) is 25.1. The fraction of sp³-hybridized carbons (Fsp3) is 0.692. The van der Waals surface area contributed by atoms with Crippen molar-refractivity contribution in [1.29, 1.82) is 0 Å². The molecule has 396 valence electrons. The Hall–Kier alpha value is -3.44. The molecule has 1 aliphatic carbocycles. The van der Waals surface area contributed by atoms with Crippen LogP contribution in [0, 0.1) is 11.8 Å². The first-order valence-electron chi connectivity index (χ1n) is 25.1. The second-order valence-corrected chi connectivity index (χ2v) is 19.6. The first-order chi connectivity index (χ1) is 33.3. The van der Waals surface area contributed by atoms with E-state index in [1.807, 2.05) is 49.5 Å². The summed E-state index contributed by atoms with van der Waals surface area (Å²) < 4.78 is 23.5. The molecule has 6 unspecified atom stereocenters. The van der Waals surface area contributed by atoms with Crippen molar-refractivity contribution in [3.8, 4) is 0 Å². The molecule has 18 nitrogen and oxygen atoms in total. The van der Waals surface area contributed by atoms with Gasteiger partial charge >= 0.3 is 5.97 Å². The van der Waals surface area contributed by atoms with Crippen LogP contribution in [0.3, 0.4) is 0 Å². The largest absolute Gasteiger partial charge is 0.462 e. The summed E-state index contributed by atoms with van der Waals surface area (Å²) in [5.74, 6) is -4.92. The Kier molecular flexibility index (Phi) is 25.8. The Balaban J connectivity index is 1.58. The molecule has 13 N–H and O–H groups in total. The van der Waals surface area contributed by atoms with Gasteiger partial charge in [0.2, 0.25) is 5.91 Å². The fourth-order valence-corrected chi connectivity index (χ4v) is 9.23. The molecule has 0 aromatic heterocycles. The van der Waals surface area contributed by atoms with Crippen LogP contribution in [-0.2, 0) is 28.5 Å². The molecule has 0 radical (unpaired) electrons. The molecule has 0 spiro atoms. The molecular weight excluding hydrogens is 909 g/mol. The van der Waals surface area contributed by atoms with E-state index in [4.69, 9.17) is 24.7 Å². The number of carbonyl (C=O) groups is 2. The number of hydrogen-bond donors (Lipinski definition) is 12. The SMILES string of the molecule is C[C@H]1C[C@H](O)[C@@H](C)/C=C/C=C/C=C/C=C/C=C/C=C/C=C/C(O[C@@H]2OC[C@@H](O)[C@H](N)[C@@H]2O)C[C@@H]2OC(O)(CC(O)C[C@@H](O)[C@H](O)CCC(O)CC(O)CC(=O)O1)C[C@H](O)C2C(=O)NC1CCCCCC1. The highest BCUT2D eigenvalue weighted by atomic mass is 16.7. The van der Waals surface area contributed by atoms with Gasteiger partial charge in [-0.15, -0.1) is 0 Å². The molecule has 70 heavy (non-hydrogen) atoms. The summed E-state index contributed by atoms with van der Waals surface area (Å²) in [5.41, 5.74) is 6.05. The van der Waals surface area contributed by atoms with E-state index in [1.165, 1.54) is 0 Å². The molecule has 4 aliphatic rings. The number of nitrogens with one attached hydrogen (secondary N) is 1. The predicted octanol–water partition coefficient (Wildman–Crippen LogP) is 1.83. The van der Waals surface area contributed by atoms with Gasteiger partial charge in [0.1, 0.15) is 12.2 Å². The second-order valence-electron chi connectivity index (χ2n) is 19.6. The normalized spacial score (nSPS) is 42.7. The van der Waals surface area contributed by atoms with Crippen molar-refractivity contribution in [2.45, 2.75) is 208 Å². The summed E-state index contributed by atoms with van der Waals surface area (Å²) in [6, 6.07) is -1.23. The quantitative estimate of drug-likeness (QED) is 0.141. The number of fused-ring (bicyclic) bond motifs is 2. The van der Waals surface area contributed by atoms with Gasteiger partial charge in [0.15, 0.2) is 12.1 Å². The van der Waals surface area contributed by atoms with Crippen molar-refractivity contribution in [3.63, 3.8) is 0 Å². The van der Waals surface area contributed by atoms with Crippen LogP contribution in [0.1, 0.15) is 110 Å². The van der Waals surface area contributed by atoms with Crippen molar-refractivity contribution in [3.05, 3.63) is 85.1 Å². The van der Waals surface area contributed by atoms with Gasteiger partial charge in [0.05, 0.1) is 86.0 Å². The maximum absolute atomic E-state index is 14.1. The van der Waals surface area contributed by atoms with E-state index >= 15 is 0 Å². The number of allylic oxidation sites excluding steroid dienone is 12. The lowest BCUT2D eigenvalue weighted by Crippen LogP contribution is -2.60. The average molecular weight is 991 g/mol. The molecular formula is C52H82N2O16. The van der Waals surface area contributed by atoms with Crippen LogP contribution < -0.4 is 11.1 Å². The van der Waals surface area contributed by atoms with Crippen molar-refractivity contribution in [2.24, 2.45) is 17.6 Å². The number of nitrogens with two attached hydrogens (primary N) is 1. The van der Waals surface area contributed by atoms with Gasteiger partial charge in [-0.25, -0.2) is 0 Å². The van der Waals surface area contributed by atoms with Crippen molar-refractivity contribution >= 4 is 11.9 Å². The number of carbonyl (C=O) groups excluding carboxylic acids is 2. The molecule has 2 saturated heterocycles. The lowest BCUT2D eigenvalue weighted by molar-refractivity contribution is -0.304. The summed E-state index contributed by atoms with van der Waals surface area (Å²) >= 11 is 0. The summed E-state index contributed by atoms with van der Waals surface area (Å²) in [5, 5.41) is 113. The Bertz CT molecular complexity index is 1760. The van der Waals surface area contributed by atoms with E-state index in [2.05, 4.69) is 5.32 Å². The van der Waals surface area contributed by atoms with Gasteiger partial charge < -0.3 is 81.1 Å². The summed E-state index contributed by atoms with van der Waals surface area (Å²) in [6.45, 7) is 3.24. The van der Waals surface area contributed by atoms with Crippen LogP contribution >= 0.6 is 0 Å². The molecule has 1 amide bonds. The van der Waals surface area contributed by atoms with Crippen molar-refractivity contribution in [2.75, 3.05) is 6.61 Å². The minimum Gasteiger partial charge on any atom is -0.462 e. The van der Waals surface area contributed by atoms with E-state index in [0.29, 0.717) is 0 Å². The number of amides is 1. The highest BCUT2D eigenvalue weighted by Gasteiger charge is 2.51. The number of aliphatic hydroxyl groups is 10. The number of hydrogen-bond acceptors (Lipinski definition) is 17. The third-order valence-corrected chi connectivity index (χ3v) is 13.3. The van der Waals surface area contributed by atoms with Crippen LogP contribution in [0.2, 0.25) is 0 Å². The van der Waals surface area contributed by atoms with Gasteiger partial charge in [-0.05, 0) is 39.0 Å². The number of rotatable bonds is 4. The monoisotopic (exact) mass is 991 g/mol. The van der Waals surface area contributed by atoms with Gasteiger partial charge in [0.25, 0.3) is 0 Å². The Morgan fingerprint density at radius 1 is 0.657 bits per heavy atom. The minimum atomic E-state index is -2.24. The number of esters is 1. The number of aliphatic hydroxyl groups excluding tert-OH is 9. The van der Waals surface area contributed by atoms with Gasteiger partial charge in [-0.2, -0.15) is 0 Å². The van der Waals surface area contributed by atoms with Crippen LogP contribution in [0.5, 0.6) is 0 Å². The predicted molar refractivity (Wildman–Crippen MR) is 260 cm³/mol. The molecule has 0 aromatic rings. The third kappa shape index (κ3) is 21.0. The summed E-state index contributed by atoms with van der Waals surface area (Å²) in [4.78, 5) is 26.7. The van der Waals surface area contributed by atoms with Crippen LogP contribution in [0.4, 0.5) is 0 Å². The third-order valence-electron chi connectivity index (χ3n) is 13.3. The zero-order valence-electron chi connectivity index (χ0n) is 40.7. The molecule has 3 heterocycles.